The number of para-hydroxylation sites is 1. The molecule has 10 nitrogen and oxygen atoms in total. The summed E-state index contributed by atoms with van der Waals surface area (Å²) < 4.78 is 18.0. The first-order chi connectivity index (χ1) is 18.3. The van der Waals surface area contributed by atoms with Crippen molar-refractivity contribution in [3.8, 4) is 11.5 Å². The van der Waals surface area contributed by atoms with Crippen LogP contribution in [0, 0.1) is 0 Å². The Morgan fingerprint density at radius 2 is 1.84 bits per heavy atom. The molecule has 2 amide bonds. The molecule has 0 radical (unpaired) electrons. The highest BCUT2D eigenvalue weighted by atomic mass is 16.5. The Balaban J connectivity index is 1.79. The molecule has 1 unspecified atom stereocenters. The van der Waals surface area contributed by atoms with Gasteiger partial charge in [-0.05, 0) is 62.2 Å². The van der Waals surface area contributed by atoms with Crippen molar-refractivity contribution in [1.29, 1.82) is 0 Å². The molecule has 4 aromatic rings. The summed E-state index contributed by atoms with van der Waals surface area (Å²) >= 11 is 0. The number of methoxy groups -OCH3 is 2. The molecule has 200 valence electrons. The Morgan fingerprint density at radius 3 is 2.53 bits per heavy atom. The van der Waals surface area contributed by atoms with Gasteiger partial charge in [-0.1, -0.05) is 30.3 Å². The first kappa shape index (κ1) is 26.7. The van der Waals surface area contributed by atoms with Crippen LogP contribution in [0.15, 0.2) is 65.3 Å². The van der Waals surface area contributed by atoms with Crippen LogP contribution in [0.5, 0.6) is 11.5 Å². The van der Waals surface area contributed by atoms with Gasteiger partial charge in [0.25, 0.3) is 0 Å². The van der Waals surface area contributed by atoms with E-state index in [1.165, 1.54) is 23.0 Å². The summed E-state index contributed by atoms with van der Waals surface area (Å²) in [7, 11) is 3.07. The lowest BCUT2D eigenvalue weighted by molar-refractivity contribution is -0.143. The summed E-state index contributed by atoms with van der Waals surface area (Å²) in [5.74, 6) is 0.844. The smallest absolute Gasteiger partial charge is 0.247 e. The van der Waals surface area contributed by atoms with Crippen LogP contribution in [0.2, 0.25) is 0 Å². The second-order valence-corrected chi connectivity index (χ2v) is 9.58. The molecule has 1 atom stereocenters. The van der Waals surface area contributed by atoms with Crippen LogP contribution in [-0.2, 0) is 22.7 Å². The lowest BCUT2D eigenvalue weighted by Gasteiger charge is -2.34. The summed E-state index contributed by atoms with van der Waals surface area (Å²) in [5.41, 5.74) is 1.47. The summed E-state index contributed by atoms with van der Waals surface area (Å²) in [6.07, 6.45) is 2.24. The molecule has 1 N–H and O–H groups in total. The van der Waals surface area contributed by atoms with Crippen LogP contribution in [0.25, 0.3) is 11.0 Å². The minimum atomic E-state index is -0.993. The minimum absolute atomic E-state index is 0.0669. The summed E-state index contributed by atoms with van der Waals surface area (Å²) in [6.45, 7) is 5.83. The number of carbonyl (C=O) groups excluding carboxylic acids is 2. The monoisotopic (exact) mass is 519 g/mol. The quantitative estimate of drug-likeness (QED) is 0.317. The first-order valence-electron chi connectivity index (χ1n) is 12.4. The fourth-order valence-electron chi connectivity index (χ4n) is 4.13. The van der Waals surface area contributed by atoms with Gasteiger partial charge in [0.15, 0.2) is 11.5 Å². The highest BCUT2D eigenvalue weighted by Gasteiger charge is 2.35. The maximum Gasteiger partial charge on any atom is 0.247 e. The number of carbonyl (C=O) groups is 2. The SMILES string of the molecule is CCC(C)(C)NC(=O)C(c1ccc(OC)c(OC)c1)N(Cc1ccco1)C(=O)Cn1nnc2ccccc21. The van der Waals surface area contributed by atoms with E-state index in [-0.39, 0.29) is 24.9 Å². The van der Waals surface area contributed by atoms with Crippen LogP contribution >= 0.6 is 0 Å². The molecule has 0 aliphatic carbocycles. The maximum absolute atomic E-state index is 14.0. The van der Waals surface area contributed by atoms with E-state index in [9.17, 15) is 9.59 Å². The van der Waals surface area contributed by atoms with Gasteiger partial charge in [-0.15, -0.1) is 5.10 Å². The molecule has 0 fully saturated rings. The van der Waals surface area contributed by atoms with Gasteiger partial charge in [0.05, 0.1) is 32.5 Å². The van der Waals surface area contributed by atoms with E-state index in [1.54, 1.807) is 37.4 Å². The fraction of sp³-hybridized carbons (Fsp3) is 0.357. The minimum Gasteiger partial charge on any atom is -0.493 e. The van der Waals surface area contributed by atoms with E-state index in [1.807, 2.05) is 45.0 Å². The van der Waals surface area contributed by atoms with Crippen LogP contribution in [0.4, 0.5) is 0 Å². The van der Waals surface area contributed by atoms with Crippen molar-refractivity contribution in [2.75, 3.05) is 14.2 Å². The molecular formula is C28H33N5O5. The number of fused-ring (bicyclic) bond motifs is 1. The number of hydrogen-bond donors (Lipinski definition) is 1. The Hall–Kier alpha value is -4.34. The molecule has 10 heteroatoms. The lowest BCUT2D eigenvalue weighted by Crippen LogP contribution is -2.50. The zero-order valence-corrected chi connectivity index (χ0v) is 22.3. The van der Waals surface area contributed by atoms with Gasteiger partial charge in [-0.2, -0.15) is 0 Å². The second kappa shape index (κ2) is 11.4. The first-order valence-corrected chi connectivity index (χ1v) is 12.4. The third-order valence-electron chi connectivity index (χ3n) is 6.56. The average molecular weight is 520 g/mol. The molecule has 0 aliphatic rings. The van der Waals surface area contributed by atoms with Gasteiger partial charge < -0.3 is 24.1 Å². The van der Waals surface area contributed by atoms with Crippen LogP contribution in [0.3, 0.4) is 0 Å². The van der Waals surface area contributed by atoms with E-state index in [0.717, 1.165) is 5.52 Å². The van der Waals surface area contributed by atoms with Crippen molar-refractivity contribution in [1.82, 2.24) is 25.2 Å². The van der Waals surface area contributed by atoms with Crippen molar-refractivity contribution >= 4 is 22.8 Å². The predicted molar refractivity (Wildman–Crippen MR) is 142 cm³/mol. The molecule has 4 rings (SSSR count). The Bertz CT molecular complexity index is 1400. The Morgan fingerprint density at radius 1 is 1.08 bits per heavy atom. The zero-order valence-electron chi connectivity index (χ0n) is 22.3. The molecule has 0 bridgehead atoms. The fourth-order valence-corrected chi connectivity index (χ4v) is 4.13. The van der Waals surface area contributed by atoms with Crippen molar-refractivity contribution in [2.24, 2.45) is 0 Å². The molecule has 0 spiro atoms. The summed E-state index contributed by atoms with van der Waals surface area (Å²) in [6, 6.07) is 15.1. The van der Waals surface area contributed by atoms with E-state index < -0.39 is 11.6 Å². The van der Waals surface area contributed by atoms with E-state index in [4.69, 9.17) is 13.9 Å². The second-order valence-electron chi connectivity index (χ2n) is 9.58. The number of benzene rings is 2. The maximum atomic E-state index is 14.0. The van der Waals surface area contributed by atoms with Crippen molar-refractivity contribution in [2.45, 2.75) is 51.9 Å². The number of rotatable bonds is 11. The number of hydrogen-bond acceptors (Lipinski definition) is 7. The predicted octanol–water partition coefficient (Wildman–Crippen LogP) is 4.12. The highest BCUT2D eigenvalue weighted by molar-refractivity contribution is 5.89. The molecule has 2 aromatic carbocycles. The van der Waals surface area contributed by atoms with Gasteiger partial charge in [0.2, 0.25) is 11.8 Å². The standard InChI is InChI=1S/C28H33N5O5/c1-6-28(2,3)29-27(35)26(19-13-14-23(36-4)24(16-19)37-5)32(17-20-10-9-15-38-20)25(34)18-33-22-12-8-7-11-21(22)30-31-33/h7-16,26H,6,17-18H2,1-5H3,(H,29,35). The molecule has 2 aromatic heterocycles. The number of amides is 2. The third-order valence-corrected chi connectivity index (χ3v) is 6.56. The normalized spacial score (nSPS) is 12.2. The topological polar surface area (TPSA) is 112 Å². The summed E-state index contributed by atoms with van der Waals surface area (Å²) in [5, 5.41) is 11.4. The van der Waals surface area contributed by atoms with E-state index >= 15 is 0 Å². The van der Waals surface area contributed by atoms with Gasteiger partial charge in [0.1, 0.15) is 23.9 Å². The van der Waals surface area contributed by atoms with Crippen LogP contribution in [0.1, 0.15) is 44.6 Å². The van der Waals surface area contributed by atoms with E-state index in [2.05, 4.69) is 15.6 Å². The Kier molecular flexibility index (Phi) is 7.99. The Labute approximate surface area is 221 Å². The number of ether oxygens (including phenoxy) is 2. The number of aromatic nitrogens is 3. The van der Waals surface area contributed by atoms with Crippen molar-refractivity contribution in [3.63, 3.8) is 0 Å². The lowest BCUT2D eigenvalue weighted by atomic mass is 9.98. The van der Waals surface area contributed by atoms with Gasteiger partial charge in [0, 0.05) is 5.54 Å². The van der Waals surface area contributed by atoms with Gasteiger partial charge in [-0.3, -0.25) is 9.59 Å². The number of nitrogens with one attached hydrogen (secondary N) is 1. The molecule has 0 saturated heterocycles. The van der Waals surface area contributed by atoms with Crippen molar-refractivity contribution < 1.29 is 23.5 Å². The molecule has 38 heavy (non-hydrogen) atoms. The van der Waals surface area contributed by atoms with Gasteiger partial charge >= 0.3 is 0 Å². The average Bonchev–Trinajstić information content (AvgIpc) is 3.58. The highest BCUT2D eigenvalue weighted by Crippen LogP contribution is 2.33. The molecular weight excluding hydrogens is 486 g/mol. The van der Waals surface area contributed by atoms with Crippen molar-refractivity contribution in [3.05, 3.63) is 72.2 Å². The van der Waals surface area contributed by atoms with Gasteiger partial charge in [-0.25, -0.2) is 4.68 Å². The summed E-state index contributed by atoms with van der Waals surface area (Å²) in [4.78, 5) is 29.4. The number of nitrogens with zero attached hydrogens (tertiary/aromatic N) is 4. The van der Waals surface area contributed by atoms with E-state index in [0.29, 0.717) is 34.8 Å². The van der Waals surface area contributed by atoms with Crippen LogP contribution < -0.4 is 14.8 Å². The third kappa shape index (κ3) is 5.80. The zero-order chi connectivity index (χ0) is 27.3. The van der Waals surface area contributed by atoms with Crippen LogP contribution in [-0.4, -0.2) is 51.5 Å². The largest absolute Gasteiger partial charge is 0.493 e. The number of furan rings is 1. The molecule has 0 saturated carbocycles. The molecule has 0 aliphatic heterocycles. The molecule has 2 heterocycles.